The molecule has 118 valence electrons. The summed E-state index contributed by atoms with van der Waals surface area (Å²) < 4.78 is 0. The molecule has 2 N–H and O–H groups in total. The molecule has 0 saturated carbocycles. The third-order valence-electron chi connectivity index (χ3n) is 3.80. The van der Waals surface area contributed by atoms with Crippen LogP contribution in [0.15, 0.2) is 54.6 Å². The van der Waals surface area contributed by atoms with Crippen LogP contribution in [-0.4, -0.2) is 24.2 Å². The van der Waals surface area contributed by atoms with E-state index in [2.05, 4.69) is 5.32 Å². The maximum absolute atomic E-state index is 12.1. The molecule has 0 saturated heterocycles. The van der Waals surface area contributed by atoms with Crippen LogP contribution >= 0.6 is 0 Å². The van der Waals surface area contributed by atoms with Gasteiger partial charge < -0.3 is 10.4 Å². The highest BCUT2D eigenvalue weighted by atomic mass is 16.3. The number of benzene rings is 2. The maximum Gasteiger partial charge on any atom is 0.251 e. The summed E-state index contributed by atoms with van der Waals surface area (Å²) in [6, 6.07) is 18.6. The summed E-state index contributed by atoms with van der Waals surface area (Å²) in [5.74, 6) is 0.0766. The van der Waals surface area contributed by atoms with E-state index < -0.39 is 0 Å². The Morgan fingerprint density at radius 3 is 2.39 bits per heavy atom. The standard InChI is InChI=1S/C19H20N2O2/c20-14-15-6-8-18(9-7-15)19(23)21-12-10-17(11-13-22)16-4-2-1-3-5-16/h1-9,17,22H,10-13H2,(H,21,23)/t17-/m1/s1. The first kappa shape index (κ1) is 16.7. The molecule has 0 heterocycles. The molecule has 1 atom stereocenters. The van der Waals surface area contributed by atoms with Crippen LogP contribution in [0, 0.1) is 11.3 Å². The Bertz CT molecular complexity index is 660. The molecule has 0 aliphatic heterocycles. The van der Waals surface area contributed by atoms with Crippen molar-refractivity contribution < 1.29 is 9.90 Å². The number of carbonyl (C=O) groups is 1. The highest BCUT2D eigenvalue weighted by Crippen LogP contribution is 2.22. The molecule has 2 aromatic carbocycles. The normalized spacial score (nSPS) is 11.5. The number of rotatable bonds is 7. The average molecular weight is 308 g/mol. The van der Waals surface area contributed by atoms with Crippen molar-refractivity contribution in [2.24, 2.45) is 0 Å². The van der Waals surface area contributed by atoms with Crippen LogP contribution in [0.1, 0.15) is 40.2 Å². The summed E-state index contributed by atoms with van der Waals surface area (Å²) in [5, 5.41) is 20.9. The van der Waals surface area contributed by atoms with Gasteiger partial charge in [-0.3, -0.25) is 4.79 Å². The summed E-state index contributed by atoms with van der Waals surface area (Å²) in [5.41, 5.74) is 2.25. The number of aliphatic hydroxyl groups is 1. The van der Waals surface area contributed by atoms with E-state index in [9.17, 15) is 9.90 Å². The maximum atomic E-state index is 12.1. The minimum absolute atomic E-state index is 0.128. The number of hydrogen-bond donors (Lipinski definition) is 2. The van der Waals surface area contributed by atoms with Crippen molar-refractivity contribution in [3.05, 3.63) is 71.3 Å². The number of hydrogen-bond acceptors (Lipinski definition) is 3. The van der Waals surface area contributed by atoms with E-state index in [4.69, 9.17) is 5.26 Å². The van der Waals surface area contributed by atoms with E-state index in [1.807, 2.05) is 36.4 Å². The van der Waals surface area contributed by atoms with Crippen molar-refractivity contribution in [1.82, 2.24) is 5.32 Å². The van der Waals surface area contributed by atoms with Crippen LogP contribution in [-0.2, 0) is 0 Å². The molecule has 4 heteroatoms. The Hall–Kier alpha value is -2.64. The fourth-order valence-electron chi connectivity index (χ4n) is 2.52. The lowest BCUT2D eigenvalue weighted by atomic mass is 9.93. The first-order chi connectivity index (χ1) is 11.2. The largest absolute Gasteiger partial charge is 0.396 e. The second-order valence-electron chi connectivity index (χ2n) is 5.35. The lowest BCUT2D eigenvalue weighted by Crippen LogP contribution is -2.25. The highest BCUT2D eigenvalue weighted by Gasteiger charge is 2.12. The fourth-order valence-corrected chi connectivity index (χ4v) is 2.52. The van der Waals surface area contributed by atoms with Crippen LogP contribution in [0.5, 0.6) is 0 Å². The molecule has 0 aliphatic carbocycles. The molecule has 0 unspecified atom stereocenters. The second kappa shape index (κ2) is 8.72. The first-order valence-corrected chi connectivity index (χ1v) is 7.68. The van der Waals surface area contributed by atoms with Crippen molar-refractivity contribution >= 4 is 5.91 Å². The lowest BCUT2D eigenvalue weighted by molar-refractivity contribution is 0.0952. The van der Waals surface area contributed by atoms with E-state index in [0.29, 0.717) is 24.1 Å². The zero-order valence-electron chi connectivity index (χ0n) is 12.9. The van der Waals surface area contributed by atoms with Gasteiger partial charge in [-0.2, -0.15) is 5.26 Å². The summed E-state index contributed by atoms with van der Waals surface area (Å²) >= 11 is 0. The van der Waals surface area contributed by atoms with Crippen LogP contribution in [0.25, 0.3) is 0 Å². The minimum atomic E-state index is -0.148. The van der Waals surface area contributed by atoms with E-state index in [1.54, 1.807) is 24.3 Å². The van der Waals surface area contributed by atoms with Gasteiger partial charge in [-0.25, -0.2) is 0 Å². The highest BCUT2D eigenvalue weighted by molar-refractivity contribution is 5.94. The first-order valence-electron chi connectivity index (χ1n) is 7.68. The van der Waals surface area contributed by atoms with Gasteiger partial charge in [-0.15, -0.1) is 0 Å². The van der Waals surface area contributed by atoms with Gasteiger partial charge in [-0.05, 0) is 48.6 Å². The monoisotopic (exact) mass is 308 g/mol. The molecule has 4 nitrogen and oxygen atoms in total. The van der Waals surface area contributed by atoms with E-state index in [-0.39, 0.29) is 18.4 Å². The molecular formula is C19H20N2O2. The smallest absolute Gasteiger partial charge is 0.251 e. The Labute approximate surface area is 136 Å². The Balaban J connectivity index is 1.89. The molecule has 0 fully saturated rings. The summed E-state index contributed by atoms with van der Waals surface area (Å²) in [4.78, 5) is 12.1. The topological polar surface area (TPSA) is 73.1 Å². The molecule has 23 heavy (non-hydrogen) atoms. The predicted octanol–water partition coefficient (Wildman–Crippen LogP) is 2.84. The van der Waals surface area contributed by atoms with Crippen molar-refractivity contribution in [1.29, 1.82) is 5.26 Å². The van der Waals surface area contributed by atoms with Crippen molar-refractivity contribution in [2.45, 2.75) is 18.8 Å². The molecule has 0 aliphatic rings. The minimum Gasteiger partial charge on any atom is -0.396 e. The van der Waals surface area contributed by atoms with Crippen LogP contribution < -0.4 is 5.32 Å². The zero-order valence-corrected chi connectivity index (χ0v) is 12.9. The van der Waals surface area contributed by atoms with Gasteiger partial charge in [0.15, 0.2) is 0 Å². The Morgan fingerprint density at radius 1 is 1.09 bits per heavy atom. The van der Waals surface area contributed by atoms with Crippen molar-refractivity contribution in [3.63, 3.8) is 0 Å². The van der Waals surface area contributed by atoms with E-state index in [1.165, 1.54) is 5.56 Å². The van der Waals surface area contributed by atoms with E-state index in [0.717, 1.165) is 6.42 Å². The number of carbonyl (C=O) groups excluding carboxylic acids is 1. The van der Waals surface area contributed by atoms with Crippen LogP contribution in [0.3, 0.4) is 0 Å². The number of nitrogens with zero attached hydrogens (tertiary/aromatic N) is 1. The lowest BCUT2D eigenvalue weighted by Gasteiger charge is -2.16. The molecule has 2 rings (SSSR count). The number of amides is 1. The van der Waals surface area contributed by atoms with Gasteiger partial charge in [-0.1, -0.05) is 30.3 Å². The van der Waals surface area contributed by atoms with Gasteiger partial charge in [0.2, 0.25) is 0 Å². The number of nitriles is 1. The zero-order chi connectivity index (χ0) is 16.5. The van der Waals surface area contributed by atoms with Gasteiger partial charge in [0.1, 0.15) is 0 Å². The quantitative estimate of drug-likeness (QED) is 0.826. The molecular weight excluding hydrogens is 288 g/mol. The molecule has 2 aromatic rings. The molecule has 0 bridgehead atoms. The van der Waals surface area contributed by atoms with Crippen molar-refractivity contribution in [3.8, 4) is 6.07 Å². The van der Waals surface area contributed by atoms with Gasteiger partial charge in [0.25, 0.3) is 5.91 Å². The third kappa shape index (κ3) is 4.94. The summed E-state index contributed by atoms with van der Waals surface area (Å²) in [6.07, 6.45) is 1.45. The van der Waals surface area contributed by atoms with E-state index >= 15 is 0 Å². The molecule has 0 radical (unpaired) electrons. The number of aliphatic hydroxyl groups excluding tert-OH is 1. The third-order valence-corrected chi connectivity index (χ3v) is 3.80. The Kier molecular flexibility index (Phi) is 6.34. The average Bonchev–Trinajstić information content (AvgIpc) is 2.61. The van der Waals surface area contributed by atoms with Crippen LogP contribution in [0.2, 0.25) is 0 Å². The van der Waals surface area contributed by atoms with Crippen LogP contribution in [0.4, 0.5) is 0 Å². The second-order valence-corrected chi connectivity index (χ2v) is 5.35. The number of nitrogens with one attached hydrogen (secondary N) is 1. The van der Waals surface area contributed by atoms with Gasteiger partial charge in [0.05, 0.1) is 11.6 Å². The van der Waals surface area contributed by atoms with Gasteiger partial charge in [0, 0.05) is 18.7 Å². The Morgan fingerprint density at radius 2 is 1.78 bits per heavy atom. The van der Waals surface area contributed by atoms with Gasteiger partial charge >= 0.3 is 0 Å². The predicted molar refractivity (Wildman–Crippen MR) is 89.0 cm³/mol. The molecule has 1 amide bonds. The molecule has 0 aromatic heterocycles. The fraction of sp³-hybridized carbons (Fsp3) is 0.263. The summed E-state index contributed by atoms with van der Waals surface area (Å²) in [6.45, 7) is 0.668. The molecule has 0 spiro atoms. The SMILES string of the molecule is N#Cc1ccc(C(=O)NCC[C@H](CCO)c2ccccc2)cc1. The summed E-state index contributed by atoms with van der Waals surface area (Å²) in [7, 11) is 0. The van der Waals surface area contributed by atoms with Crippen molar-refractivity contribution in [2.75, 3.05) is 13.2 Å².